The van der Waals surface area contributed by atoms with E-state index in [2.05, 4.69) is 126 Å². The minimum atomic E-state index is -1.32. The molecule has 0 aromatic rings. The van der Waals surface area contributed by atoms with E-state index in [1.807, 2.05) is 0 Å². The molecule has 0 rings (SSSR count). The molecule has 0 saturated carbocycles. The van der Waals surface area contributed by atoms with E-state index in [4.69, 9.17) is 0 Å². The van der Waals surface area contributed by atoms with Gasteiger partial charge in [-0.2, -0.15) is 0 Å². The van der Waals surface area contributed by atoms with Crippen LogP contribution in [0.2, 0.25) is 39.3 Å². The fourth-order valence-corrected chi connectivity index (χ4v) is 5.19. The Balaban J connectivity index is 3.87. The summed E-state index contributed by atoms with van der Waals surface area (Å²) in [7, 11) is -2.63. The molecule has 0 aromatic heterocycles. The van der Waals surface area contributed by atoms with Gasteiger partial charge in [-0.05, 0) is 89.4 Å². The maximum absolute atomic E-state index is 3.56. The summed E-state index contributed by atoms with van der Waals surface area (Å²) in [5.41, 5.74) is 9.40. The first-order chi connectivity index (χ1) is 14.8. The van der Waals surface area contributed by atoms with Crippen LogP contribution in [0, 0.1) is 22.9 Å². The summed E-state index contributed by atoms with van der Waals surface area (Å²) < 4.78 is 2.06. The van der Waals surface area contributed by atoms with Crippen LogP contribution in [-0.2, 0) is 0 Å². The van der Waals surface area contributed by atoms with Gasteiger partial charge < -0.3 is 0 Å². The second kappa shape index (κ2) is 18.3. The van der Waals surface area contributed by atoms with Crippen LogP contribution in [0.4, 0.5) is 0 Å². The Hall–Kier alpha value is 0.954. The molecule has 0 aliphatic heterocycles. The van der Waals surface area contributed by atoms with Crippen molar-refractivity contribution < 1.29 is 0 Å². The molecule has 0 fully saturated rings. The van der Waals surface area contributed by atoms with E-state index < -0.39 is 16.1 Å². The van der Waals surface area contributed by atoms with Gasteiger partial charge in [0.05, 0.1) is 6.78 Å². The van der Waals surface area contributed by atoms with Gasteiger partial charge in [-0.3, -0.25) is 0 Å². The lowest BCUT2D eigenvalue weighted by molar-refractivity contribution is 0.552. The van der Waals surface area contributed by atoms with E-state index in [0.717, 1.165) is 19.6 Å². The van der Waals surface area contributed by atoms with E-state index >= 15 is 0 Å². The van der Waals surface area contributed by atoms with Crippen LogP contribution in [0.5, 0.6) is 0 Å². The van der Waals surface area contributed by atoms with Crippen LogP contribution in [0.25, 0.3) is 0 Å². The first-order valence-corrected chi connectivity index (χ1v) is 22.1. The average molecular weight is 730 g/mol. The molecule has 0 amide bonds. The first-order valence-electron chi connectivity index (χ1n) is 12.0. The van der Waals surface area contributed by atoms with Gasteiger partial charge in [0, 0.05) is 11.1 Å². The molecule has 0 nitrogen and oxygen atoms in total. The van der Waals surface area contributed by atoms with E-state index in [1.165, 1.54) is 75.4 Å². The zero-order valence-corrected chi connectivity index (χ0v) is 29.3. The number of unbranched alkanes of at least 4 members (excludes halogenated alkanes) is 9. The summed E-state index contributed by atoms with van der Waals surface area (Å²) in [5, 5.41) is 0. The molecule has 0 radical (unpaired) electrons. The van der Waals surface area contributed by atoms with Crippen LogP contribution < -0.4 is 0 Å². The van der Waals surface area contributed by atoms with Crippen molar-refractivity contribution in [3.05, 3.63) is 17.9 Å². The van der Waals surface area contributed by atoms with E-state index in [9.17, 15) is 0 Å². The number of hydrogen-bond acceptors (Lipinski definition) is 0. The quantitative estimate of drug-likeness (QED) is 0.101. The Kier molecular flexibility index (Phi) is 18.8. The minimum Gasteiger partial charge on any atom is -0.127 e. The Labute approximate surface area is 235 Å². The predicted molar refractivity (Wildman–Crippen MR) is 167 cm³/mol. The van der Waals surface area contributed by atoms with Crippen molar-refractivity contribution in [2.24, 2.45) is 0 Å². The normalized spacial score (nSPS) is 11.2. The van der Waals surface area contributed by atoms with Gasteiger partial charge in [0.2, 0.25) is 0 Å². The van der Waals surface area contributed by atoms with E-state index in [-0.39, 0.29) is 0 Å². The lowest BCUT2D eigenvalue weighted by Gasteiger charge is -2.06. The lowest BCUT2D eigenvalue weighted by atomic mass is 10.0. The number of hydrogen-bond donors (Lipinski definition) is 0. The third-order valence-electron chi connectivity index (χ3n) is 4.74. The van der Waals surface area contributed by atoms with Crippen LogP contribution in [0.15, 0.2) is 17.9 Å². The van der Waals surface area contributed by atoms with Crippen LogP contribution in [0.3, 0.4) is 0 Å². The molecule has 0 aromatic carbocycles. The Morgan fingerprint density at radius 3 is 0.938 bits per heavy atom. The van der Waals surface area contributed by atoms with Crippen molar-refractivity contribution >= 4 is 79.9 Å². The number of rotatable bonds is 13. The van der Waals surface area contributed by atoms with Crippen LogP contribution >= 0.6 is 63.7 Å². The minimum absolute atomic E-state index is 1.03. The molecular weight excluding hydrogens is 688 g/mol. The number of allylic oxidation sites excluding steroid dienone is 2. The summed E-state index contributed by atoms with van der Waals surface area (Å²) in [4.78, 5) is 0. The Morgan fingerprint density at radius 2 is 0.719 bits per heavy atom. The summed E-state index contributed by atoms with van der Waals surface area (Å²) in [6, 6.07) is 0. The molecule has 0 heterocycles. The highest BCUT2D eigenvalue weighted by Crippen LogP contribution is 2.25. The molecule has 6 heteroatoms. The maximum Gasteiger partial charge on any atom is 0.129 e. The second-order valence-corrected chi connectivity index (χ2v) is 25.3. The van der Waals surface area contributed by atoms with Gasteiger partial charge in [0.1, 0.15) is 16.1 Å². The SMILES string of the molecule is C[Si](C)(C)C#CC(CCCCCCCCCCCCC(C#C[Si](C)(C)C)=C(Br)Br)=C(Br)Br. The predicted octanol–water partition coefficient (Wildman–Crippen LogP) is 11.4. The maximum atomic E-state index is 3.56. The molecule has 32 heavy (non-hydrogen) atoms. The lowest BCUT2D eigenvalue weighted by Crippen LogP contribution is -2.16. The monoisotopic (exact) mass is 726 g/mol. The van der Waals surface area contributed by atoms with Crippen molar-refractivity contribution in [1.82, 2.24) is 0 Å². The highest BCUT2D eigenvalue weighted by Gasteiger charge is 2.09. The fraction of sp³-hybridized carbons (Fsp3) is 0.692. The van der Waals surface area contributed by atoms with Gasteiger partial charge in [-0.25, -0.2) is 0 Å². The van der Waals surface area contributed by atoms with Crippen molar-refractivity contribution in [2.75, 3.05) is 0 Å². The summed E-state index contributed by atoms with van der Waals surface area (Å²) >= 11 is 14.3. The molecule has 0 atom stereocenters. The molecule has 0 unspecified atom stereocenters. The zero-order chi connectivity index (χ0) is 24.6. The summed E-state index contributed by atoms with van der Waals surface area (Å²) in [5.74, 6) is 6.81. The number of halogens is 4. The third-order valence-corrected chi connectivity index (χ3v) is 8.40. The van der Waals surface area contributed by atoms with Gasteiger partial charge in [-0.1, -0.05) is 102 Å². The van der Waals surface area contributed by atoms with Crippen molar-refractivity contribution in [1.29, 1.82) is 0 Å². The average Bonchev–Trinajstić information content (AvgIpc) is 2.64. The largest absolute Gasteiger partial charge is 0.129 e. The van der Waals surface area contributed by atoms with Gasteiger partial charge >= 0.3 is 0 Å². The van der Waals surface area contributed by atoms with Gasteiger partial charge in [0.25, 0.3) is 0 Å². The summed E-state index contributed by atoms with van der Waals surface area (Å²) in [6.45, 7) is 13.8. The molecule has 0 aliphatic carbocycles. The molecule has 0 saturated heterocycles. The molecule has 0 bridgehead atoms. The molecule has 0 aliphatic rings. The summed E-state index contributed by atoms with van der Waals surface area (Å²) in [6.07, 6.45) is 15.4. The van der Waals surface area contributed by atoms with Gasteiger partial charge in [-0.15, -0.1) is 11.1 Å². The van der Waals surface area contributed by atoms with Crippen molar-refractivity contribution in [3.8, 4) is 22.9 Å². The Morgan fingerprint density at radius 1 is 0.469 bits per heavy atom. The van der Waals surface area contributed by atoms with Crippen LogP contribution in [0.1, 0.15) is 77.0 Å². The highest BCUT2D eigenvalue weighted by molar-refractivity contribution is 9.28. The van der Waals surface area contributed by atoms with Crippen LogP contribution in [-0.4, -0.2) is 16.1 Å². The first kappa shape index (κ1) is 33.0. The molecular formula is C26H42Br4Si2. The third kappa shape index (κ3) is 21.5. The molecule has 0 spiro atoms. The highest BCUT2D eigenvalue weighted by atomic mass is 79.9. The second-order valence-electron chi connectivity index (χ2n) is 10.5. The zero-order valence-electron chi connectivity index (χ0n) is 21.0. The van der Waals surface area contributed by atoms with Gasteiger partial charge in [0.15, 0.2) is 0 Å². The molecule has 182 valence electrons. The smallest absolute Gasteiger partial charge is 0.127 e. The van der Waals surface area contributed by atoms with Crippen molar-refractivity contribution in [2.45, 2.75) is 116 Å². The van der Waals surface area contributed by atoms with E-state index in [0.29, 0.717) is 0 Å². The fourth-order valence-electron chi connectivity index (χ4n) is 2.95. The standard InChI is InChI=1S/C26H42Br4Si2/c1-31(2,3)21-19-23(25(27)28)17-15-13-11-9-7-8-10-12-14-16-18-24(26(29)30)20-22-32(4,5)6/h7-18H2,1-6H3. The van der Waals surface area contributed by atoms with E-state index in [1.54, 1.807) is 0 Å². The Bertz CT molecular complexity index is 660. The molecule has 0 N–H and O–H groups in total. The van der Waals surface area contributed by atoms with Crippen molar-refractivity contribution in [3.63, 3.8) is 0 Å². The topological polar surface area (TPSA) is 0 Å².